The normalized spacial score (nSPS) is 15.6. The van der Waals surface area contributed by atoms with E-state index in [1.54, 1.807) is 17.8 Å². The molecule has 3 rings (SSSR count). The molecule has 1 saturated carbocycles. The molecule has 9 heteroatoms. The monoisotopic (exact) mass is 422 g/mol. The standard InChI is InChI=1S/C16H15BrN4O3S/c1-21-16(18-19-20-21)25-8-9-5-6-10(11(17)7-9)15(24)14-12(22)3-2-4-13(14)23/h5-7,14H,2-4,8H2,1H3. The van der Waals surface area contributed by atoms with Crippen molar-refractivity contribution >= 4 is 45.0 Å². The molecule has 2 aromatic rings. The van der Waals surface area contributed by atoms with Crippen LogP contribution >= 0.6 is 27.7 Å². The summed E-state index contributed by atoms with van der Waals surface area (Å²) >= 11 is 4.86. The van der Waals surface area contributed by atoms with Crippen molar-refractivity contribution in [2.75, 3.05) is 0 Å². The van der Waals surface area contributed by atoms with Gasteiger partial charge in [0.25, 0.3) is 0 Å². The van der Waals surface area contributed by atoms with E-state index in [0.717, 1.165) is 5.56 Å². The first-order valence-corrected chi connectivity index (χ1v) is 9.48. The second-order valence-electron chi connectivity index (χ2n) is 5.77. The van der Waals surface area contributed by atoms with Gasteiger partial charge in [0.05, 0.1) is 0 Å². The van der Waals surface area contributed by atoms with Gasteiger partial charge in [-0.15, -0.1) is 5.10 Å². The summed E-state index contributed by atoms with van der Waals surface area (Å²) in [6.45, 7) is 0. The van der Waals surface area contributed by atoms with E-state index in [9.17, 15) is 14.4 Å². The fourth-order valence-electron chi connectivity index (χ4n) is 2.69. The third-order valence-electron chi connectivity index (χ3n) is 4.00. The Morgan fingerprint density at radius 2 is 2.04 bits per heavy atom. The van der Waals surface area contributed by atoms with Crippen LogP contribution < -0.4 is 0 Å². The van der Waals surface area contributed by atoms with Crippen LogP contribution in [0.4, 0.5) is 0 Å². The Kier molecular flexibility index (Phi) is 5.43. The number of thioether (sulfide) groups is 1. The van der Waals surface area contributed by atoms with Crippen molar-refractivity contribution in [2.45, 2.75) is 30.2 Å². The quantitative estimate of drug-likeness (QED) is 0.414. The number of benzene rings is 1. The van der Waals surface area contributed by atoms with Gasteiger partial charge in [0, 0.05) is 35.7 Å². The summed E-state index contributed by atoms with van der Waals surface area (Å²) in [5.74, 6) is -1.49. The highest BCUT2D eigenvalue weighted by Crippen LogP contribution is 2.28. The molecule has 7 nitrogen and oxygen atoms in total. The molecule has 0 aliphatic heterocycles. The molecule has 1 heterocycles. The van der Waals surface area contributed by atoms with E-state index in [1.165, 1.54) is 11.8 Å². The molecular formula is C16H15BrN4O3S. The predicted molar refractivity (Wildman–Crippen MR) is 94.2 cm³/mol. The molecule has 1 aliphatic rings. The summed E-state index contributed by atoms with van der Waals surface area (Å²) in [7, 11) is 1.76. The maximum absolute atomic E-state index is 12.6. The van der Waals surface area contributed by atoms with Crippen LogP contribution in [-0.4, -0.2) is 37.6 Å². The summed E-state index contributed by atoms with van der Waals surface area (Å²) in [5.41, 5.74) is 1.33. The molecule has 0 spiro atoms. The van der Waals surface area contributed by atoms with Gasteiger partial charge in [0.15, 0.2) is 17.3 Å². The zero-order chi connectivity index (χ0) is 18.0. The highest BCUT2D eigenvalue weighted by Gasteiger charge is 2.37. The fraction of sp³-hybridized carbons (Fsp3) is 0.375. The summed E-state index contributed by atoms with van der Waals surface area (Å²) in [6, 6.07) is 5.29. The van der Waals surface area contributed by atoms with E-state index in [0.29, 0.717) is 40.2 Å². The van der Waals surface area contributed by atoms with Gasteiger partial charge in [0.1, 0.15) is 5.92 Å². The zero-order valence-electron chi connectivity index (χ0n) is 13.4. The minimum atomic E-state index is -1.14. The Labute approximate surface area is 156 Å². The smallest absolute Gasteiger partial charge is 0.209 e. The molecule has 1 fully saturated rings. The van der Waals surface area contributed by atoms with Crippen LogP contribution in [0.5, 0.6) is 0 Å². The van der Waals surface area contributed by atoms with Gasteiger partial charge in [-0.3, -0.25) is 14.4 Å². The molecule has 25 heavy (non-hydrogen) atoms. The van der Waals surface area contributed by atoms with Gasteiger partial charge in [-0.1, -0.05) is 33.8 Å². The van der Waals surface area contributed by atoms with Crippen LogP contribution in [0, 0.1) is 5.92 Å². The molecule has 130 valence electrons. The number of hydrogen-bond donors (Lipinski definition) is 0. The third-order valence-corrected chi connectivity index (χ3v) is 5.74. The minimum Gasteiger partial charge on any atom is -0.298 e. The fourth-order valence-corrected chi connectivity index (χ4v) is 4.11. The van der Waals surface area contributed by atoms with Gasteiger partial charge in [0.2, 0.25) is 5.16 Å². The first kappa shape index (κ1) is 17.9. The van der Waals surface area contributed by atoms with Crippen LogP contribution in [0.3, 0.4) is 0 Å². The van der Waals surface area contributed by atoms with E-state index in [-0.39, 0.29) is 11.6 Å². The number of nitrogens with zero attached hydrogens (tertiary/aromatic N) is 4. The molecule has 0 unspecified atom stereocenters. The highest BCUT2D eigenvalue weighted by atomic mass is 79.9. The maximum Gasteiger partial charge on any atom is 0.209 e. The summed E-state index contributed by atoms with van der Waals surface area (Å²) in [6.07, 6.45) is 1.12. The van der Waals surface area contributed by atoms with E-state index in [2.05, 4.69) is 31.5 Å². The van der Waals surface area contributed by atoms with Gasteiger partial charge in [-0.2, -0.15) is 0 Å². The Morgan fingerprint density at radius 1 is 1.32 bits per heavy atom. The Balaban J connectivity index is 1.75. The SMILES string of the molecule is Cn1nnnc1SCc1ccc(C(=O)C2C(=O)CCCC2=O)c(Br)c1. The van der Waals surface area contributed by atoms with E-state index >= 15 is 0 Å². The summed E-state index contributed by atoms with van der Waals surface area (Å²) < 4.78 is 2.16. The molecule has 0 N–H and O–H groups in total. The number of hydrogen-bond acceptors (Lipinski definition) is 7. The van der Waals surface area contributed by atoms with Crippen molar-refractivity contribution in [1.82, 2.24) is 20.2 Å². The third kappa shape index (κ3) is 3.87. The van der Waals surface area contributed by atoms with Crippen LogP contribution in [0.25, 0.3) is 0 Å². The molecule has 0 amide bonds. The van der Waals surface area contributed by atoms with Gasteiger partial charge < -0.3 is 0 Å². The van der Waals surface area contributed by atoms with Crippen molar-refractivity contribution in [3.8, 4) is 0 Å². The lowest BCUT2D eigenvalue weighted by Crippen LogP contribution is -2.35. The topological polar surface area (TPSA) is 94.8 Å². The molecule has 1 aliphatic carbocycles. The van der Waals surface area contributed by atoms with Crippen molar-refractivity contribution < 1.29 is 14.4 Å². The second-order valence-corrected chi connectivity index (χ2v) is 7.57. The minimum absolute atomic E-state index is 0.275. The summed E-state index contributed by atoms with van der Waals surface area (Å²) in [5, 5.41) is 11.9. The van der Waals surface area contributed by atoms with Crippen LogP contribution in [0.1, 0.15) is 35.2 Å². The van der Waals surface area contributed by atoms with Gasteiger partial charge in [-0.25, -0.2) is 4.68 Å². The summed E-state index contributed by atoms with van der Waals surface area (Å²) in [4.78, 5) is 36.6. The van der Waals surface area contributed by atoms with Crippen LogP contribution in [0.15, 0.2) is 27.8 Å². The number of carbonyl (C=O) groups excluding carboxylic acids is 3. The number of carbonyl (C=O) groups is 3. The number of aryl methyl sites for hydroxylation is 1. The van der Waals surface area contributed by atoms with E-state index in [4.69, 9.17) is 0 Å². The molecule has 1 aromatic heterocycles. The number of ketones is 3. The largest absolute Gasteiger partial charge is 0.298 e. The average molecular weight is 423 g/mol. The molecule has 0 radical (unpaired) electrons. The number of tetrazole rings is 1. The number of Topliss-reactive ketones (excluding diaryl/α,β-unsaturated/α-hetero) is 3. The number of halogens is 1. The lowest BCUT2D eigenvalue weighted by Gasteiger charge is -2.19. The first-order valence-electron chi connectivity index (χ1n) is 7.70. The van der Waals surface area contributed by atoms with Crippen molar-refractivity contribution in [3.05, 3.63) is 33.8 Å². The average Bonchev–Trinajstić information content (AvgIpc) is 2.98. The first-order chi connectivity index (χ1) is 12.0. The second kappa shape index (κ2) is 7.57. The maximum atomic E-state index is 12.6. The lowest BCUT2D eigenvalue weighted by atomic mass is 9.81. The molecule has 0 bridgehead atoms. The van der Waals surface area contributed by atoms with E-state index in [1.807, 2.05) is 12.1 Å². The van der Waals surface area contributed by atoms with Crippen molar-refractivity contribution in [3.63, 3.8) is 0 Å². The van der Waals surface area contributed by atoms with Gasteiger partial charge >= 0.3 is 0 Å². The number of rotatable bonds is 5. The lowest BCUT2D eigenvalue weighted by molar-refractivity contribution is -0.133. The van der Waals surface area contributed by atoms with Gasteiger partial charge in [-0.05, 0) is 34.5 Å². The highest BCUT2D eigenvalue weighted by molar-refractivity contribution is 9.10. The van der Waals surface area contributed by atoms with Crippen molar-refractivity contribution in [1.29, 1.82) is 0 Å². The molecule has 0 atom stereocenters. The van der Waals surface area contributed by atoms with E-state index < -0.39 is 11.7 Å². The van der Waals surface area contributed by atoms with Crippen LogP contribution in [-0.2, 0) is 22.4 Å². The Bertz CT molecular complexity index is 836. The van der Waals surface area contributed by atoms with Crippen LogP contribution in [0.2, 0.25) is 0 Å². The number of aromatic nitrogens is 4. The van der Waals surface area contributed by atoms with Crippen molar-refractivity contribution in [2.24, 2.45) is 13.0 Å². The molecular weight excluding hydrogens is 408 g/mol. The predicted octanol–water partition coefficient (Wildman–Crippen LogP) is 2.39. The molecule has 1 aromatic carbocycles. The Hall–Kier alpha value is -1.87. The molecule has 0 saturated heterocycles. The zero-order valence-corrected chi connectivity index (χ0v) is 15.8. The Morgan fingerprint density at radius 3 is 2.64 bits per heavy atom.